The lowest BCUT2D eigenvalue weighted by Gasteiger charge is -2.06. The number of rotatable bonds is 6. The second-order valence-corrected chi connectivity index (χ2v) is 5.62. The molecule has 3 aromatic heterocycles. The molecule has 0 aliphatic heterocycles. The number of pyridine rings is 3. The highest BCUT2D eigenvalue weighted by atomic mass is 35.5. The number of hydrogen-bond acceptors (Lipinski definition) is 6. The number of nitrogens with one attached hydrogen (secondary N) is 2. The van der Waals surface area contributed by atoms with Crippen LogP contribution in [0, 0.1) is 5.41 Å². The Morgan fingerprint density at radius 2 is 2.08 bits per heavy atom. The molecule has 7 heteroatoms. The van der Waals surface area contributed by atoms with Gasteiger partial charge in [0.15, 0.2) is 0 Å². The van der Waals surface area contributed by atoms with Crippen LogP contribution in [-0.4, -0.2) is 28.3 Å². The Morgan fingerprint density at radius 3 is 2.80 bits per heavy atom. The Hall–Kier alpha value is -2.99. The van der Waals surface area contributed by atoms with E-state index in [4.69, 9.17) is 21.7 Å². The number of halogens is 1. The van der Waals surface area contributed by atoms with Gasteiger partial charge in [-0.3, -0.25) is 4.98 Å². The molecule has 3 rings (SSSR count). The maximum atomic E-state index is 7.65. The van der Waals surface area contributed by atoms with E-state index in [1.54, 1.807) is 37.8 Å². The summed E-state index contributed by atoms with van der Waals surface area (Å²) in [6.45, 7) is 0.583. The quantitative estimate of drug-likeness (QED) is 0.523. The molecule has 0 bridgehead atoms. The Bertz CT molecular complexity index is 924. The summed E-state index contributed by atoms with van der Waals surface area (Å²) in [4.78, 5) is 12.8. The second-order valence-electron chi connectivity index (χ2n) is 5.23. The van der Waals surface area contributed by atoms with Crippen LogP contribution >= 0.6 is 11.6 Å². The van der Waals surface area contributed by atoms with E-state index in [0.717, 1.165) is 16.6 Å². The number of ether oxygens (including phenoxy) is 1. The van der Waals surface area contributed by atoms with Gasteiger partial charge in [0.1, 0.15) is 5.15 Å². The molecule has 0 fully saturated rings. The van der Waals surface area contributed by atoms with Gasteiger partial charge in [0.25, 0.3) is 0 Å². The number of aromatic nitrogens is 3. The van der Waals surface area contributed by atoms with Crippen molar-refractivity contribution in [1.82, 2.24) is 20.3 Å². The fourth-order valence-corrected chi connectivity index (χ4v) is 2.42. The van der Waals surface area contributed by atoms with Gasteiger partial charge >= 0.3 is 0 Å². The minimum Gasteiger partial charge on any atom is -0.481 e. The summed E-state index contributed by atoms with van der Waals surface area (Å²) in [5.74, 6) is 0.577. The molecule has 0 amide bonds. The lowest BCUT2D eigenvalue weighted by molar-refractivity contribution is 0.397. The molecule has 2 N–H and O–H groups in total. The van der Waals surface area contributed by atoms with Crippen molar-refractivity contribution in [2.24, 2.45) is 0 Å². The average Bonchev–Trinajstić information content (AvgIpc) is 2.65. The van der Waals surface area contributed by atoms with Crippen LogP contribution < -0.4 is 10.1 Å². The van der Waals surface area contributed by atoms with Crippen LogP contribution in [0.3, 0.4) is 0 Å². The van der Waals surface area contributed by atoms with E-state index in [-0.39, 0.29) is 0 Å². The van der Waals surface area contributed by atoms with Gasteiger partial charge in [-0.1, -0.05) is 17.7 Å². The van der Waals surface area contributed by atoms with Gasteiger partial charge in [-0.25, -0.2) is 9.97 Å². The zero-order valence-corrected chi connectivity index (χ0v) is 14.3. The highest BCUT2D eigenvalue weighted by Gasteiger charge is 2.04. The van der Waals surface area contributed by atoms with Gasteiger partial charge in [-0.05, 0) is 23.8 Å². The highest BCUT2D eigenvalue weighted by Crippen LogP contribution is 2.18. The monoisotopic (exact) mass is 353 g/mol. The summed E-state index contributed by atoms with van der Waals surface area (Å²) in [5.41, 5.74) is 3.94. The van der Waals surface area contributed by atoms with E-state index in [0.29, 0.717) is 28.7 Å². The zero-order valence-electron chi connectivity index (χ0n) is 13.5. The SMILES string of the molecule is COc1ccc(CN/C=C(\C=N)c2cnc3ccc(Cl)nc3c2)cn1. The standard InChI is InChI=1S/C18H16ClN5O/c1-25-18-5-2-12(9-23-18)8-21-10-14(7-20)13-6-16-15(22-11-13)3-4-17(19)24-16/h2-7,9-11,20-21H,8H2,1H3/b14-10+,20-7?. The number of methoxy groups -OCH3 is 1. The van der Waals surface area contributed by atoms with Gasteiger partial charge in [0.2, 0.25) is 5.88 Å². The normalized spacial score (nSPS) is 11.4. The molecule has 0 spiro atoms. The van der Waals surface area contributed by atoms with Crippen LogP contribution in [0.2, 0.25) is 5.15 Å². The van der Waals surface area contributed by atoms with E-state index in [1.165, 1.54) is 6.21 Å². The summed E-state index contributed by atoms with van der Waals surface area (Å²) >= 11 is 5.93. The van der Waals surface area contributed by atoms with E-state index >= 15 is 0 Å². The highest BCUT2D eigenvalue weighted by molar-refractivity contribution is 6.29. The number of allylic oxidation sites excluding steroid dienone is 1. The molecule has 6 nitrogen and oxygen atoms in total. The minimum atomic E-state index is 0.414. The molecule has 0 aromatic carbocycles. The summed E-state index contributed by atoms with van der Waals surface area (Å²) in [7, 11) is 1.58. The van der Waals surface area contributed by atoms with E-state index in [2.05, 4.69) is 20.3 Å². The van der Waals surface area contributed by atoms with Crippen LogP contribution in [0.1, 0.15) is 11.1 Å². The first-order chi connectivity index (χ1) is 12.2. The average molecular weight is 354 g/mol. The lowest BCUT2D eigenvalue weighted by atomic mass is 10.1. The molecule has 0 aliphatic rings. The van der Waals surface area contributed by atoms with Crippen molar-refractivity contribution >= 4 is 34.4 Å². The molecule has 0 unspecified atom stereocenters. The maximum Gasteiger partial charge on any atom is 0.212 e. The number of fused-ring (bicyclic) bond motifs is 1. The molecule has 3 aromatic rings. The first-order valence-electron chi connectivity index (χ1n) is 7.55. The second kappa shape index (κ2) is 7.72. The Morgan fingerprint density at radius 1 is 1.20 bits per heavy atom. The Labute approximate surface area is 150 Å². The number of hydrogen-bond donors (Lipinski definition) is 2. The number of nitrogens with zero attached hydrogens (tertiary/aromatic N) is 3. The summed E-state index contributed by atoms with van der Waals surface area (Å²) in [6, 6.07) is 9.12. The van der Waals surface area contributed by atoms with Crippen molar-refractivity contribution in [3.8, 4) is 5.88 Å². The molecule has 3 heterocycles. The maximum absolute atomic E-state index is 7.65. The van der Waals surface area contributed by atoms with Crippen molar-refractivity contribution in [3.05, 3.63) is 65.2 Å². The zero-order chi connectivity index (χ0) is 17.6. The molecule has 25 heavy (non-hydrogen) atoms. The van der Waals surface area contributed by atoms with Crippen LogP contribution in [-0.2, 0) is 6.54 Å². The topological polar surface area (TPSA) is 83.8 Å². The van der Waals surface area contributed by atoms with Crippen molar-refractivity contribution in [1.29, 1.82) is 5.41 Å². The van der Waals surface area contributed by atoms with Crippen molar-refractivity contribution in [2.75, 3.05) is 7.11 Å². The van der Waals surface area contributed by atoms with Crippen LogP contribution in [0.5, 0.6) is 5.88 Å². The molecular weight excluding hydrogens is 338 g/mol. The lowest BCUT2D eigenvalue weighted by Crippen LogP contribution is -2.07. The fourth-order valence-electron chi connectivity index (χ4n) is 2.26. The molecular formula is C18H16ClN5O. The van der Waals surface area contributed by atoms with E-state index in [9.17, 15) is 0 Å². The predicted octanol–water partition coefficient (Wildman–Crippen LogP) is 3.47. The summed E-state index contributed by atoms with van der Waals surface area (Å²) < 4.78 is 5.04. The third-order valence-corrected chi connectivity index (χ3v) is 3.77. The molecule has 0 saturated heterocycles. The molecule has 0 aliphatic carbocycles. The van der Waals surface area contributed by atoms with Gasteiger partial charge in [-0.15, -0.1) is 0 Å². The van der Waals surface area contributed by atoms with Crippen molar-refractivity contribution in [2.45, 2.75) is 6.54 Å². The predicted molar refractivity (Wildman–Crippen MR) is 98.9 cm³/mol. The van der Waals surface area contributed by atoms with Gasteiger partial charge in [-0.2, -0.15) is 0 Å². The fraction of sp³-hybridized carbons (Fsp3) is 0.111. The van der Waals surface area contributed by atoms with Crippen LogP contribution in [0.15, 0.2) is 48.9 Å². The molecule has 0 atom stereocenters. The van der Waals surface area contributed by atoms with E-state index < -0.39 is 0 Å². The van der Waals surface area contributed by atoms with Gasteiger partial charge in [0, 0.05) is 48.6 Å². The molecule has 0 saturated carbocycles. The molecule has 126 valence electrons. The Kier molecular flexibility index (Phi) is 5.20. The van der Waals surface area contributed by atoms with Gasteiger partial charge in [0.05, 0.1) is 18.1 Å². The van der Waals surface area contributed by atoms with Crippen molar-refractivity contribution in [3.63, 3.8) is 0 Å². The first-order valence-corrected chi connectivity index (χ1v) is 7.93. The first kappa shape index (κ1) is 16.9. The van der Waals surface area contributed by atoms with Crippen LogP contribution in [0.4, 0.5) is 0 Å². The third kappa shape index (κ3) is 4.10. The summed E-state index contributed by atoms with van der Waals surface area (Å²) in [5, 5.41) is 11.2. The van der Waals surface area contributed by atoms with Crippen LogP contribution in [0.25, 0.3) is 16.6 Å². The van der Waals surface area contributed by atoms with Gasteiger partial charge < -0.3 is 15.5 Å². The minimum absolute atomic E-state index is 0.414. The van der Waals surface area contributed by atoms with E-state index in [1.807, 2.05) is 18.2 Å². The van der Waals surface area contributed by atoms with Crippen molar-refractivity contribution < 1.29 is 4.74 Å². The largest absolute Gasteiger partial charge is 0.481 e. The smallest absolute Gasteiger partial charge is 0.212 e. The Balaban J connectivity index is 1.76. The third-order valence-electron chi connectivity index (χ3n) is 3.56. The summed E-state index contributed by atoms with van der Waals surface area (Å²) in [6.07, 6.45) is 6.50. The molecule has 0 radical (unpaired) electrons.